The highest BCUT2D eigenvalue weighted by Crippen LogP contribution is 2.24. The van der Waals surface area contributed by atoms with Crippen LogP contribution in [0.1, 0.15) is 6.42 Å². The molecule has 14 heavy (non-hydrogen) atoms. The van der Waals surface area contributed by atoms with Gasteiger partial charge in [0.15, 0.2) is 6.29 Å². The van der Waals surface area contributed by atoms with Crippen LogP contribution in [0.25, 0.3) is 0 Å². The number of methoxy groups -OCH3 is 3. The van der Waals surface area contributed by atoms with Gasteiger partial charge in [-0.15, -0.1) is 0 Å². The maximum absolute atomic E-state index is 5.59. The third-order valence-corrected chi connectivity index (χ3v) is 2.55. The van der Waals surface area contributed by atoms with Crippen molar-refractivity contribution in [2.75, 3.05) is 27.9 Å². The first-order chi connectivity index (χ1) is 6.76. The van der Waals surface area contributed by atoms with E-state index in [0.717, 1.165) is 0 Å². The first-order valence-corrected chi connectivity index (χ1v) is 4.70. The van der Waals surface area contributed by atoms with Crippen molar-refractivity contribution in [3.8, 4) is 0 Å². The average molecular weight is 205 g/mol. The van der Waals surface area contributed by atoms with Gasteiger partial charge in [0, 0.05) is 34.3 Å². The molecule has 5 nitrogen and oxygen atoms in total. The summed E-state index contributed by atoms with van der Waals surface area (Å²) >= 11 is 0. The van der Waals surface area contributed by atoms with E-state index in [1.54, 1.807) is 21.3 Å². The summed E-state index contributed by atoms with van der Waals surface area (Å²) in [6.45, 7) is 0.401. The van der Waals surface area contributed by atoms with Gasteiger partial charge in [-0.3, -0.25) is 0 Å². The molecule has 5 heteroatoms. The Bertz CT molecular complexity index is 153. The smallest absolute Gasteiger partial charge is 0.160 e. The molecule has 1 aliphatic heterocycles. The molecule has 1 fully saturated rings. The zero-order valence-electron chi connectivity index (χ0n) is 8.93. The van der Waals surface area contributed by atoms with Gasteiger partial charge in [0.05, 0.1) is 6.10 Å². The Hall–Kier alpha value is -0.200. The molecule has 1 aliphatic rings. The predicted octanol–water partition coefficient (Wildman–Crippen LogP) is -0.263. The Morgan fingerprint density at radius 1 is 1.21 bits per heavy atom. The number of hydrogen-bond donors (Lipinski definition) is 1. The Kier molecular flexibility index (Phi) is 4.77. The second-order valence-corrected chi connectivity index (χ2v) is 3.29. The van der Waals surface area contributed by atoms with Gasteiger partial charge in [0.1, 0.15) is 12.2 Å². The number of ether oxygens (including phenoxy) is 4. The van der Waals surface area contributed by atoms with Crippen molar-refractivity contribution in [2.24, 2.45) is 5.73 Å². The molecule has 4 atom stereocenters. The summed E-state index contributed by atoms with van der Waals surface area (Å²) in [6, 6.07) is 0. The molecule has 0 unspecified atom stereocenters. The Morgan fingerprint density at radius 2 is 1.93 bits per heavy atom. The first-order valence-electron chi connectivity index (χ1n) is 4.70. The summed E-state index contributed by atoms with van der Waals surface area (Å²) in [6.07, 6.45) is 0.120. The number of nitrogens with two attached hydrogens (primary N) is 1. The number of hydrogen-bond acceptors (Lipinski definition) is 5. The maximum atomic E-state index is 5.59. The highest BCUT2D eigenvalue weighted by Gasteiger charge is 2.38. The molecule has 84 valence electrons. The number of rotatable bonds is 4. The van der Waals surface area contributed by atoms with E-state index in [1.807, 2.05) is 0 Å². The van der Waals surface area contributed by atoms with Gasteiger partial charge in [0.2, 0.25) is 0 Å². The summed E-state index contributed by atoms with van der Waals surface area (Å²) in [5.41, 5.74) is 5.59. The molecular weight excluding hydrogens is 186 g/mol. The molecule has 0 aromatic carbocycles. The van der Waals surface area contributed by atoms with Crippen molar-refractivity contribution in [2.45, 2.75) is 31.0 Å². The lowest BCUT2D eigenvalue weighted by molar-refractivity contribution is -0.248. The first kappa shape index (κ1) is 11.9. The van der Waals surface area contributed by atoms with Crippen molar-refractivity contribution in [1.82, 2.24) is 0 Å². The van der Waals surface area contributed by atoms with E-state index in [-0.39, 0.29) is 24.6 Å². The van der Waals surface area contributed by atoms with E-state index in [2.05, 4.69) is 0 Å². The van der Waals surface area contributed by atoms with Crippen LogP contribution in [0.4, 0.5) is 0 Å². The van der Waals surface area contributed by atoms with Crippen LogP contribution in [0.2, 0.25) is 0 Å². The van der Waals surface area contributed by atoms with Gasteiger partial charge in [-0.1, -0.05) is 0 Å². The van der Waals surface area contributed by atoms with E-state index in [1.165, 1.54) is 0 Å². The molecule has 0 spiro atoms. The largest absolute Gasteiger partial charge is 0.378 e. The molecule has 0 saturated carbocycles. The quantitative estimate of drug-likeness (QED) is 0.685. The van der Waals surface area contributed by atoms with Crippen LogP contribution in [0, 0.1) is 0 Å². The normalized spacial score (nSPS) is 38.6. The standard InChI is InChI=1S/C9H19NO4/c1-11-6-4-8(12-2)14-7(5-10)9(6)13-3/h6-9H,4-5,10H2,1-3H3/t6-,7-,8+,9+/m1/s1. The van der Waals surface area contributed by atoms with E-state index < -0.39 is 0 Å². The highest BCUT2D eigenvalue weighted by atomic mass is 16.7. The van der Waals surface area contributed by atoms with Gasteiger partial charge in [0.25, 0.3) is 0 Å². The van der Waals surface area contributed by atoms with Gasteiger partial charge in [-0.25, -0.2) is 0 Å². The molecule has 0 amide bonds. The fourth-order valence-corrected chi connectivity index (χ4v) is 1.77. The molecule has 0 aromatic rings. The van der Waals surface area contributed by atoms with Crippen LogP contribution < -0.4 is 5.73 Å². The van der Waals surface area contributed by atoms with Crippen LogP contribution in [-0.4, -0.2) is 52.5 Å². The second kappa shape index (κ2) is 5.63. The molecule has 0 aromatic heterocycles. The van der Waals surface area contributed by atoms with Gasteiger partial charge >= 0.3 is 0 Å². The van der Waals surface area contributed by atoms with Gasteiger partial charge in [-0.05, 0) is 0 Å². The van der Waals surface area contributed by atoms with Crippen LogP contribution in [0.3, 0.4) is 0 Å². The monoisotopic (exact) mass is 205 g/mol. The van der Waals surface area contributed by atoms with Crippen molar-refractivity contribution < 1.29 is 18.9 Å². The van der Waals surface area contributed by atoms with E-state index in [9.17, 15) is 0 Å². The SMILES string of the molecule is CO[C@@H]1C[C@@H](OC)[C@H](OC)[C@@H](CN)O1. The Balaban J connectivity index is 2.63. The van der Waals surface area contributed by atoms with E-state index in [0.29, 0.717) is 13.0 Å². The summed E-state index contributed by atoms with van der Waals surface area (Å²) in [5.74, 6) is 0. The topological polar surface area (TPSA) is 62.9 Å². The van der Waals surface area contributed by atoms with Crippen LogP contribution in [0.5, 0.6) is 0 Å². The molecule has 2 N–H and O–H groups in total. The fraction of sp³-hybridized carbons (Fsp3) is 1.00. The third kappa shape index (κ3) is 2.43. The van der Waals surface area contributed by atoms with Crippen molar-refractivity contribution >= 4 is 0 Å². The molecule has 1 heterocycles. The van der Waals surface area contributed by atoms with Crippen LogP contribution in [0.15, 0.2) is 0 Å². The minimum absolute atomic E-state index is 0.0211. The van der Waals surface area contributed by atoms with Crippen LogP contribution >= 0.6 is 0 Å². The lowest BCUT2D eigenvalue weighted by atomic mass is 10.0. The molecule has 0 aliphatic carbocycles. The lowest BCUT2D eigenvalue weighted by Crippen LogP contribution is -2.53. The Morgan fingerprint density at radius 3 is 2.36 bits per heavy atom. The molecule has 0 bridgehead atoms. The summed E-state index contributed by atoms with van der Waals surface area (Å²) in [5, 5.41) is 0. The fourth-order valence-electron chi connectivity index (χ4n) is 1.77. The zero-order valence-corrected chi connectivity index (χ0v) is 8.93. The maximum Gasteiger partial charge on any atom is 0.160 e. The van der Waals surface area contributed by atoms with Gasteiger partial charge < -0.3 is 24.7 Å². The summed E-state index contributed by atoms with van der Waals surface area (Å²) < 4.78 is 21.3. The minimum atomic E-state index is -0.250. The minimum Gasteiger partial charge on any atom is -0.378 e. The van der Waals surface area contributed by atoms with Crippen LogP contribution in [-0.2, 0) is 18.9 Å². The predicted molar refractivity (Wildman–Crippen MR) is 50.9 cm³/mol. The molecular formula is C9H19NO4. The highest BCUT2D eigenvalue weighted by molar-refractivity contribution is 4.85. The van der Waals surface area contributed by atoms with Crippen molar-refractivity contribution in [3.63, 3.8) is 0 Å². The third-order valence-electron chi connectivity index (χ3n) is 2.55. The second-order valence-electron chi connectivity index (χ2n) is 3.29. The van der Waals surface area contributed by atoms with Gasteiger partial charge in [-0.2, -0.15) is 0 Å². The van der Waals surface area contributed by atoms with Crippen molar-refractivity contribution in [3.05, 3.63) is 0 Å². The molecule has 0 radical (unpaired) electrons. The summed E-state index contributed by atoms with van der Waals surface area (Å²) in [4.78, 5) is 0. The Labute approximate surface area is 84.4 Å². The summed E-state index contributed by atoms with van der Waals surface area (Å²) in [7, 11) is 4.90. The molecule has 1 saturated heterocycles. The zero-order chi connectivity index (χ0) is 10.6. The van der Waals surface area contributed by atoms with E-state index >= 15 is 0 Å². The molecule has 1 rings (SSSR count). The average Bonchev–Trinajstić information content (AvgIpc) is 2.26. The lowest BCUT2D eigenvalue weighted by Gasteiger charge is -2.39. The van der Waals surface area contributed by atoms with Crippen molar-refractivity contribution in [1.29, 1.82) is 0 Å². The van der Waals surface area contributed by atoms with E-state index in [4.69, 9.17) is 24.7 Å².